The molecule has 0 aliphatic carbocycles. The Morgan fingerprint density at radius 3 is 2.37 bits per heavy atom. The number of rotatable bonds is 13. The summed E-state index contributed by atoms with van der Waals surface area (Å²) in [6.07, 6.45) is 3.02. The number of amides is 2. The minimum Gasteiger partial charge on any atom is -0.454 e. The van der Waals surface area contributed by atoms with Gasteiger partial charge in [0.1, 0.15) is 12.6 Å². The van der Waals surface area contributed by atoms with Crippen molar-refractivity contribution < 1.29 is 27.5 Å². The Bertz CT molecular complexity index is 1450. The maximum absolute atomic E-state index is 14.1. The molecular weight excluding hydrogens is 610 g/mol. The quantitative estimate of drug-likeness (QED) is 0.275. The van der Waals surface area contributed by atoms with Crippen LogP contribution in [0, 0.1) is 0 Å². The summed E-state index contributed by atoms with van der Waals surface area (Å²) in [5.74, 6) is 0.0916. The molecule has 0 unspecified atom stereocenters. The number of fused-ring (bicyclic) bond motifs is 1. The van der Waals surface area contributed by atoms with Gasteiger partial charge in [-0.15, -0.1) is 0 Å². The van der Waals surface area contributed by atoms with Crippen LogP contribution < -0.4 is 19.1 Å². The van der Waals surface area contributed by atoms with Crippen LogP contribution in [0.4, 0.5) is 5.69 Å². The van der Waals surface area contributed by atoms with E-state index in [-0.39, 0.29) is 31.4 Å². The normalized spacial score (nSPS) is 13.0. The zero-order chi connectivity index (χ0) is 29.4. The number of unbranched alkanes of at least 4 members (excludes halogenated alkanes) is 1. The Hall–Kier alpha value is -3.57. The third-order valence-electron chi connectivity index (χ3n) is 6.69. The standard InChI is InChI=1S/C30H34BrN3O6S/c1-3-4-16-32-30(36)26(17-22-8-6-5-7-9-22)33(19-23-10-12-24(31)13-11-23)29(35)20-34(41(2,37)38)25-14-15-27-28(18-25)40-21-39-27/h5-15,18,26H,3-4,16-17,19-21H2,1-2H3,(H,32,36)/t26-/m1/s1. The first-order chi connectivity index (χ1) is 19.7. The molecule has 1 N–H and O–H groups in total. The highest BCUT2D eigenvalue weighted by Gasteiger charge is 2.33. The number of nitrogens with one attached hydrogen (secondary N) is 1. The van der Waals surface area contributed by atoms with E-state index >= 15 is 0 Å². The lowest BCUT2D eigenvalue weighted by Crippen LogP contribution is -2.53. The summed E-state index contributed by atoms with van der Waals surface area (Å²) in [5, 5.41) is 2.98. The first-order valence-corrected chi connectivity index (χ1v) is 16.0. The van der Waals surface area contributed by atoms with Crippen molar-refractivity contribution in [3.63, 3.8) is 0 Å². The van der Waals surface area contributed by atoms with E-state index in [0.717, 1.165) is 39.0 Å². The van der Waals surface area contributed by atoms with E-state index in [1.807, 2.05) is 61.5 Å². The van der Waals surface area contributed by atoms with Gasteiger partial charge in [-0.3, -0.25) is 13.9 Å². The van der Waals surface area contributed by atoms with Crippen LogP contribution in [0.5, 0.6) is 11.5 Å². The molecule has 1 aliphatic heterocycles. The second-order valence-corrected chi connectivity index (χ2v) is 12.6. The fraction of sp³-hybridized carbons (Fsp3) is 0.333. The number of carbonyl (C=O) groups excluding carboxylic acids is 2. The Balaban J connectivity index is 1.70. The van der Waals surface area contributed by atoms with E-state index in [4.69, 9.17) is 9.47 Å². The molecule has 0 radical (unpaired) electrons. The van der Waals surface area contributed by atoms with E-state index in [9.17, 15) is 18.0 Å². The zero-order valence-corrected chi connectivity index (χ0v) is 25.5. The van der Waals surface area contributed by atoms with Crippen molar-refractivity contribution in [3.05, 3.63) is 88.4 Å². The summed E-state index contributed by atoms with van der Waals surface area (Å²) in [6, 6.07) is 20.8. The molecule has 3 aromatic rings. The first-order valence-electron chi connectivity index (χ1n) is 13.4. The van der Waals surface area contributed by atoms with Crippen LogP contribution in [0.3, 0.4) is 0 Å². The van der Waals surface area contributed by atoms with Crippen molar-refractivity contribution >= 4 is 43.5 Å². The molecule has 11 heteroatoms. The van der Waals surface area contributed by atoms with Crippen LogP contribution in [-0.4, -0.2) is 57.3 Å². The van der Waals surface area contributed by atoms with Crippen molar-refractivity contribution in [2.45, 2.75) is 38.8 Å². The van der Waals surface area contributed by atoms with Crippen LogP contribution in [0.15, 0.2) is 77.3 Å². The number of carbonyl (C=O) groups is 2. The van der Waals surface area contributed by atoms with Crippen molar-refractivity contribution in [1.82, 2.24) is 10.2 Å². The molecular formula is C30H34BrN3O6S. The lowest BCUT2D eigenvalue weighted by Gasteiger charge is -2.33. The number of hydrogen-bond acceptors (Lipinski definition) is 6. The van der Waals surface area contributed by atoms with Crippen LogP contribution in [0.2, 0.25) is 0 Å². The topological polar surface area (TPSA) is 105 Å². The highest BCUT2D eigenvalue weighted by atomic mass is 79.9. The second-order valence-electron chi connectivity index (χ2n) is 9.81. The highest BCUT2D eigenvalue weighted by molar-refractivity contribution is 9.10. The van der Waals surface area contributed by atoms with E-state index in [2.05, 4.69) is 21.2 Å². The predicted octanol–water partition coefficient (Wildman–Crippen LogP) is 4.50. The molecule has 2 amide bonds. The summed E-state index contributed by atoms with van der Waals surface area (Å²) >= 11 is 3.44. The van der Waals surface area contributed by atoms with Gasteiger partial charge in [0, 0.05) is 30.0 Å². The molecule has 0 fully saturated rings. The minimum atomic E-state index is -3.88. The smallest absolute Gasteiger partial charge is 0.244 e. The molecule has 9 nitrogen and oxygen atoms in total. The fourth-order valence-electron chi connectivity index (χ4n) is 4.50. The number of ether oxygens (including phenoxy) is 2. The van der Waals surface area contributed by atoms with Gasteiger partial charge in [0.15, 0.2) is 11.5 Å². The van der Waals surface area contributed by atoms with Gasteiger partial charge in [0.05, 0.1) is 11.9 Å². The number of sulfonamides is 1. The first kappa shape index (κ1) is 30.4. The van der Waals surface area contributed by atoms with Crippen molar-refractivity contribution in [2.24, 2.45) is 0 Å². The SMILES string of the molecule is CCCCNC(=O)[C@@H](Cc1ccccc1)N(Cc1ccc(Br)cc1)C(=O)CN(c1ccc2c(c1)OCO2)S(C)(=O)=O. The molecule has 218 valence electrons. The summed E-state index contributed by atoms with van der Waals surface area (Å²) < 4.78 is 38.6. The van der Waals surface area contributed by atoms with Crippen LogP contribution >= 0.6 is 15.9 Å². The third-order valence-corrected chi connectivity index (χ3v) is 8.36. The Kier molecular flexibility index (Phi) is 10.3. The molecule has 1 atom stereocenters. The van der Waals surface area contributed by atoms with Gasteiger partial charge in [0.2, 0.25) is 28.6 Å². The second kappa shape index (κ2) is 13.9. The number of anilines is 1. The summed E-state index contributed by atoms with van der Waals surface area (Å²) in [6.45, 7) is 2.17. The molecule has 0 saturated heterocycles. The summed E-state index contributed by atoms with van der Waals surface area (Å²) in [4.78, 5) is 29.2. The number of benzene rings is 3. The average Bonchev–Trinajstić information content (AvgIpc) is 3.42. The average molecular weight is 645 g/mol. The van der Waals surface area contributed by atoms with Crippen molar-refractivity contribution in [2.75, 3.05) is 30.4 Å². The monoisotopic (exact) mass is 643 g/mol. The lowest BCUT2D eigenvalue weighted by atomic mass is 10.0. The maximum Gasteiger partial charge on any atom is 0.244 e. The van der Waals surface area contributed by atoms with E-state index in [1.165, 1.54) is 11.0 Å². The third kappa shape index (κ3) is 8.23. The van der Waals surface area contributed by atoms with Crippen LogP contribution in [-0.2, 0) is 32.6 Å². The maximum atomic E-state index is 14.1. The Morgan fingerprint density at radius 2 is 1.68 bits per heavy atom. The van der Waals surface area contributed by atoms with Crippen LogP contribution in [0.1, 0.15) is 30.9 Å². The molecule has 1 heterocycles. The van der Waals surface area contributed by atoms with Crippen LogP contribution in [0.25, 0.3) is 0 Å². The molecule has 4 rings (SSSR count). The van der Waals surface area contributed by atoms with Crippen molar-refractivity contribution in [1.29, 1.82) is 0 Å². The van der Waals surface area contributed by atoms with E-state index in [1.54, 1.807) is 12.1 Å². The van der Waals surface area contributed by atoms with Gasteiger partial charge >= 0.3 is 0 Å². The lowest BCUT2D eigenvalue weighted by molar-refractivity contribution is -0.140. The number of halogens is 1. The van der Waals surface area contributed by atoms with Gasteiger partial charge < -0.3 is 19.7 Å². The Morgan fingerprint density at radius 1 is 0.976 bits per heavy atom. The number of nitrogens with zero attached hydrogens (tertiary/aromatic N) is 2. The van der Waals surface area contributed by atoms with E-state index < -0.39 is 28.5 Å². The molecule has 0 spiro atoms. The minimum absolute atomic E-state index is 0.0336. The predicted molar refractivity (Wildman–Crippen MR) is 161 cm³/mol. The molecule has 3 aromatic carbocycles. The van der Waals surface area contributed by atoms with Gasteiger partial charge in [-0.2, -0.15) is 0 Å². The van der Waals surface area contributed by atoms with E-state index in [0.29, 0.717) is 18.0 Å². The molecule has 0 saturated carbocycles. The number of hydrogen-bond donors (Lipinski definition) is 1. The van der Waals surface area contributed by atoms with Gasteiger partial charge in [0.25, 0.3) is 0 Å². The van der Waals surface area contributed by atoms with Gasteiger partial charge in [-0.25, -0.2) is 8.42 Å². The summed E-state index contributed by atoms with van der Waals surface area (Å²) in [7, 11) is -3.88. The molecule has 41 heavy (non-hydrogen) atoms. The molecule has 0 aromatic heterocycles. The fourth-order valence-corrected chi connectivity index (χ4v) is 5.61. The largest absolute Gasteiger partial charge is 0.454 e. The van der Waals surface area contributed by atoms with Gasteiger partial charge in [-0.1, -0.05) is 71.7 Å². The highest BCUT2D eigenvalue weighted by Crippen LogP contribution is 2.36. The van der Waals surface area contributed by atoms with Gasteiger partial charge in [-0.05, 0) is 41.8 Å². The molecule has 1 aliphatic rings. The zero-order valence-electron chi connectivity index (χ0n) is 23.1. The van der Waals surface area contributed by atoms with Crippen molar-refractivity contribution in [3.8, 4) is 11.5 Å². The Labute approximate surface area is 249 Å². The summed E-state index contributed by atoms with van der Waals surface area (Å²) in [5.41, 5.74) is 1.95. The molecule has 0 bridgehead atoms.